The molecule has 0 aliphatic rings. The lowest BCUT2D eigenvalue weighted by atomic mass is 10.1. The van der Waals surface area contributed by atoms with E-state index in [2.05, 4.69) is 20.1 Å². The smallest absolute Gasteiger partial charge is 0.259 e. The van der Waals surface area contributed by atoms with Crippen LogP contribution in [-0.4, -0.2) is 38.0 Å². The van der Waals surface area contributed by atoms with Gasteiger partial charge in [0.25, 0.3) is 5.91 Å². The van der Waals surface area contributed by atoms with Crippen molar-refractivity contribution in [3.63, 3.8) is 0 Å². The molecule has 1 N–H and O–H groups in total. The van der Waals surface area contributed by atoms with E-state index in [0.29, 0.717) is 11.5 Å². The van der Waals surface area contributed by atoms with Crippen molar-refractivity contribution in [3.8, 4) is 11.5 Å². The molecule has 9 heteroatoms. The first-order valence-electron chi connectivity index (χ1n) is 8.34. The van der Waals surface area contributed by atoms with Crippen LogP contribution in [0.1, 0.15) is 16.2 Å². The Morgan fingerprint density at radius 3 is 2.89 bits per heavy atom. The second kappa shape index (κ2) is 7.03. The number of carbonyl (C=O) groups excluding carboxylic acids is 1. The summed E-state index contributed by atoms with van der Waals surface area (Å²) < 4.78 is 19.0. The van der Waals surface area contributed by atoms with Crippen LogP contribution in [0, 0.1) is 5.82 Å². The van der Waals surface area contributed by atoms with Gasteiger partial charge in [0.1, 0.15) is 23.6 Å². The summed E-state index contributed by atoms with van der Waals surface area (Å²) >= 11 is 0. The minimum atomic E-state index is -0.560. The standard InChI is InChI=1S/C19H14FN5O3/c1-25(10-15-23-18(24-28-15)14-7-2-3-8-21-14)19(27)12-9-22-16-11(17(12)26)5-4-6-13(16)20/h2-9H,10H2,1H3,(H,22,26). The number of nitrogens with zero attached hydrogens (tertiary/aromatic N) is 4. The fourth-order valence-corrected chi connectivity index (χ4v) is 2.77. The summed E-state index contributed by atoms with van der Waals surface area (Å²) in [5, 5.41) is 3.95. The van der Waals surface area contributed by atoms with Gasteiger partial charge < -0.3 is 14.4 Å². The highest BCUT2D eigenvalue weighted by Crippen LogP contribution is 2.15. The van der Waals surface area contributed by atoms with E-state index in [1.807, 2.05) is 0 Å². The van der Waals surface area contributed by atoms with Crippen LogP contribution in [0.3, 0.4) is 0 Å². The van der Waals surface area contributed by atoms with Gasteiger partial charge in [-0.25, -0.2) is 4.39 Å². The number of aromatic amines is 1. The number of aromatic nitrogens is 4. The minimum Gasteiger partial charge on any atom is -0.358 e. The molecular weight excluding hydrogens is 365 g/mol. The molecule has 0 fully saturated rings. The summed E-state index contributed by atoms with van der Waals surface area (Å²) in [5.41, 5.74) is -0.0574. The van der Waals surface area contributed by atoms with Gasteiger partial charge >= 0.3 is 0 Å². The zero-order valence-electron chi connectivity index (χ0n) is 14.7. The van der Waals surface area contributed by atoms with Gasteiger partial charge in [-0.05, 0) is 24.3 Å². The maximum absolute atomic E-state index is 13.8. The molecule has 0 aliphatic heterocycles. The number of carbonyl (C=O) groups is 1. The molecule has 1 amide bonds. The number of benzene rings is 1. The lowest BCUT2D eigenvalue weighted by molar-refractivity contribution is 0.0768. The summed E-state index contributed by atoms with van der Waals surface area (Å²) in [5.74, 6) is -0.616. The fourth-order valence-electron chi connectivity index (χ4n) is 2.77. The number of para-hydroxylation sites is 1. The minimum absolute atomic E-state index is 0.000700. The Balaban J connectivity index is 1.58. The van der Waals surface area contributed by atoms with Gasteiger partial charge in [0.05, 0.1) is 5.52 Å². The van der Waals surface area contributed by atoms with Crippen LogP contribution in [0.25, 0.3) is 22.4 Å². The van der Waals surface area contributed by atoms with Gasteiger partial charge in [-0.3, -0.25) is 14.6 Å². The Hall–Kier alpha value is -3.88. The molecule has 4 aromatic rings. The molecule has 0 atom stereocenters. The third kappa shape index (κ3) is 3.13. The van der Waals surface area contributed by atoms with Crippen molar-refractivity contribution in [2.45, 2.75) is 6.54 Å². The van der Waals surface area contributed by atoms with Crippen molar-refractivity contribution >= 4 is 16.8 Å². The average molecular weight is 379 g/mol. The number of fused-ring (bicyclic) bond motifs is 1. The zero-order valence-corrected chi connectivity index (χ0v) is 14.7. The number of hydrogen-bond acceptors (Lipinski definition) is 6. The maximum atomic E-state index is 13.8. The predicted molar refractivity (Wildman–Crippen MR) is 97.9 cm³/mol. The van der Waals surface area contributed by atoms with Gasteiger partial charge in [-0.15, -0.1) is 0 Å². The molecule has 3 heterocycles. The fraction of sp³-hybridized carbons (Fsp3) is 0.105. The van der Waals surface area contributed by atoms with E-state index < -0.39 is 17.2 Å². The van der Waals surface area contributed by atoms with Crippen molar-refractivity contribution in [2.75, 3.05) is 7.05 Å². The van der Waals surface area contributed by atoms with Gasteiger partial charge in [0, 0.05) is 24.8 Å². The van der Waals surface area contributed by atoms with E-state index in [0.717, 1.165) is 0 Å². The Kier molecular flexibility index (Phi) is 4.40. The summed E-state index contributed by atoms with van der Waals surface area (Å²) in [6, 6.07) is 9.41. The average Bonchev–Trinajstić information content (AvgIpc) is 3.17. The third-order valence-electron chi connectivity index (χ3n) is 4.18. The van der Waals surface area contributed by atoms with E-state index in [1.165, 1.54) is 36.3 Å². The molecule has 8 nitrogen and oxygen atoms in total. The number of rotatable bonds is 4. The SMILES string of the molecule is CN(Cc1nc(-c2ccccn2)no1)C(=O)c1c[nH]c2c(F)cccc2c1=O. The first-order chi connectivity index (χ1) is 13.5. The van der Waals surface area contributed by atoms with Gasteiger partial charge in [0.15, 0.2) is 0 Å². The van der Waals surface area contributed by atoms with Crippen LogP contribution < -0.4 is 5.43 Å². The first-order valence-corrected chi connectivity index (χ1v) is 8.34. The molecule has 0 bridgehead atoms. The number of nitrogens with one attached hydrogen (secondary N) is 1. The maximum Gasteiger partial charge on any atom is 0.259 e. The quantitative estimate of drug-likeness (QED) is 0.584. The molecule has 0 radical (unpaired) electrons. The Morgan fingerprint density at radius 2 is 2.11 bits per heavy atom. The normalized spacial score (nSPS) is 10.9. The number of H-pyrrole nitrogens is 1. The molecule has 0 aliphatic carbocycles. The second-order valence-electron chi connectivity index (χ2n) is 6.08. The summed E-state index contributed by atoms with van der Waals surface area (Å²) in [7, 11) is 1.50. The van der Waals surface area contributed by atoms with Crippen LogP contribution in [0.2, 0.25) is 0 Å². The van der Waals surface area contributed by atoms with Gasteiger partial charge in [0.2, 0.25) is 17.1 Å². The number of pyridine rings is 2. The monoisotopic (exact) mass is 379 g/mol. The van der Waals surface area contributed by atoms with Gasteiger partial charge in [-0.2, -0.15) is 4.98 Å². The van der Waals surface area contributed by atoms with E-state index in [4.69, 9.17) is 4.52 Å². The summed E-state index contributed by atoms with van der Waals surface area (Å²) in [6.07, 6.45) is 2.82. The number of hydrogen-bond donors (Lipinski definition) is 1. The van der Waals surface area contributed by atoms with Crippen LogP contribution >= 0.6 is 0 Å². The van der Waals surface area contributed by atoms with Crippen LogP contribution in [-0.2, 0) is 6.54 Å². The molecule has 0 spiro atoms. The van der Waals surface area contributed by atoms with Crippen molar-refractivity contribution in [2.24, 2.45) is 0 Å². The zero-order chi connectivity index (χ0) is 19.7. The molecule has 4 rings (SSSR count). The third-order valence-corrected chi connectivity index (χ3v) is 4.18. The van der Waals surface area contributed by atoms with Crippen LogP contribution in [0.4, 0.5) is 4.39 Å². The lowest BCUT2D eigenvalue weighted by Gasteiger charge is -2.14. The topological polar surface area (TPSA) is 105 Å². The molecule has 28 heavy (non-hydrogen) atoms. The Labute approximate surface area is 157 Å². The van der Waals surface area contributed by atoms with Crippen LogP contribution in [0.5, 0.6) is 0 Å². The molecular formula is C19H14FN5O3. The molecule has 140 valence electrons. The highest BCUT2D eigenvalue weighted by Gasteiger charge is 2.20. The molecule has 0 unspecified atom stereocenters. The second-order valence-corrected chi connectivity index (χ2v) is 6.08. The molecule has 3 aromatic heterocycles. The molecule has 1 aromatic carbocycles. The van der Waals surface area contributed by atoms with Crippen molar-refractivity contribution in [3.05, 3.63) is 76.3 Å². The number of amides is 1. The molecule has 0 saturated heterocycles. The predicted octanol–water partition coefficient (Wildman–Crippen LogP) is 2.38. The van der Waals surface area contributed by atoms with E-state index in [9.17, 15) is 14.0 Å². The van der Waals surface area contributed by atoms with Crippen molar-refractivity contribution < 1.29 is 13.7 Å². The van der Waals surface area contributed by atoms with E-state index >= 15 is 0 Å². The van der Waals surface area contributed by atoms with Crippen LogP contribution in [0.15, 0.2) is 58.1 Å². The van der Waals surface area contributed by atoms with Crippen molar-refractivity contribution in [1.29, 1.82) is 0 Å². The van der Waals surface area contributed by atoms with Crippen molar-refractivity contribution in [1.82, 2.24) is 25.0 Å². The highest BCUT2D eigenvalue weighted by molar-refractivity contribution is 5.97. The first kappa shape index (κ1) is 17.5. The van der Waals surface area contributed by atoms with Gasteiger partial charge in [-0.1, -0.05) is 17.3 Å². The number of halogens is 1. The highest BCUT2D eigenvalue weighted by atomic mass is 19.1. The molecule has 0 saturated carbocycles. The summed E-state index contributed by atoms with van der Waals surface area (Å²) in [6.45, 7) is -0.000700. The Morgan fingerprint density at radius 1 is 1.25 bits per heavy atom. The lowest BCUT2D eigenvalue weighted by Crippen LogP contribution is -2.31. The Bertz CT molecular complexity index is 1220. The summed E-state index contributed by atoms with van der Waals surface area (Å²) in [4.78, 5) is 37.5. The van der Waals surface area contributed by atoms with E-state index in [-0.39, 0.29) is 28.9 Å². The largest absolute Gasteiger partial charge is 0.358 e. The van der Waals surface area contributed by atoms with E-state index in [1.54, 1.807) is 24.4 Å².